The Kier molecular flexibility index (Phi) is 4.47. The number of pyridine rings is 1. The van der Waals surface area contributed by atoms with Crippen LogP contribution in [0.5, 0.6) is 5.88 Å². The van der Waals surface area contributed by atoms with Crippen LogP contribution in [-0.2, 0) is 0 Å². The first-order valence-electron chi connectivity index (χ1n) is 10.4. The van der Waals surface area contributed by atoms with Crippen molar-refractivity contribution in [2.24, 2.45) is 0 Å². The summed E-state index contributed by atoms with van der Waals surface area (Å²) >= 11 is 1.59. The highest BCUT2D eigenvalue weighted by Crippen LogP contribution is 2.40. The van der Waals surface area contributed by atoms with Crippen LogP contribution < -0.4 is 4.74 Å². The Morgan fingerprint density at radius 1 is 0.750 bits per heavy atom. The standard InChI is InChI=1S/C27H19N3OS/c1-31-26-25(32-27(29-26)22-10-6-7-17-28-22)18-13-15-19(16-14-18)30-23-11-4-2-8-20(23)21-9-3-5-12-24(21)30/h2-17H,1H3. The van der Waals surface area contributed by atoms with Gasteiger partial charge in [-0.3, -0.25) is 4.98 Å². The minimum Gasteiger partial charge on any atom is -0.480 e. The number of aromatic nitrogens is 3. The van der Waals surface area contributed by atoms with Crippen molar-refractivity contribution in [3.05, 3.63) is 97.2 Å². The molecule has 0 N–H and O–H groups in total. The Balaban J connectivity index is 1.46. The molecule has 3 aromatic heterocycles. The monoisotopic (exact) mass is 433 g/mol. The Labute approximate surface area is 189 Å². The van der Waals surface area contributed by atoms with Gasteiger partial charge in [0.15, 0.2) is 0 Å². The Morgan fingerprint density at radius 3 is 2.03 bits per heavy atom. The third kappa shape index (κ3) is 2.98. The summed E-state index contributed by atoms with van der Waals surface area (Å²) < 4.78 is 7.90. The molecule has 0 atom stereocenters. The number of ether oxygens (including phenoxy) is 1. The highest BCUT2D eigenvalue weighted by Gasteiger charge is 2.16. The zero-order chi connectivity index (χ0) is 21.5. The van der Waals surface area contributed by atoms with E-state index in [0.717, 1.165) is 26.8 Å². The van der Waals surface area contributed by atoms with E-state index in [2.05, 4.69) is 87.3 Å². The molecule has 0 amide bonds. The van der Waals surface area contributed by atoms with Crippen molar-refractivity contribution < 1.29 is 4.74 Å². The van der Waals surface area contributed by atoms with E-state index in [9.17, 15) is 0 Å². The molecule has 0 fully saturated rings. The van der Waals surface area contributed by atoms with Crippen molar-refractivity contribution >= 4 is 33.1 Å². The third-order valence-corrected chi connectivity index (χ3v) is 6.75. The Hall–Kier alpha value is -3.96. The molecule has 32 heavy (non-hydrogen) atoms. The average Bonchev–Trinajstić information content (AvgIpc) is 3.44. The van der Waals surface area contributed by atoms with Crippen LogP contribution in [0, 0.1) is 0 Å². The van der Waals surface area contributed by atoms with Gasteiger partial charge in [-0.05, 0) is 42.0 Å². The second-order valence-corrected chi connectivity index (χ2v) is 8.49. The van der Waals surface area contributed by atoms with E-state index in [-0.39, 0.29) is 0 Å². The fourth-order valence-electron chi connectivity index (χ4n) is 4.19. The van der Waals surface area contributed by atoms with E-state index in [1.807, 2.05) is 18.2 Å². The fourth-order valence-corrected chi connectivity index (χ4v) is 5.21. The largest absolute Gasteiger partial charge is 0.480 e. The lowest BCUT2D eigenvalue weighted by molar-refractivity contribution is 0.402. The second-order valence-electron chi connectivity index (χ2n) is 7.49. The van der Waals surface area contributed by atoms with Crippen LogP contribution in [0.15, 0.2) is 97.2 Å². The first-order valence-corrected chi connectivity index (χ1v) is 11.2. The molecule has 4 nitrogen and oxygen atoms in total. The number of para-hydroxylation sites is 2. The summed E-state index contributed by atoms with van der Waals surface area (Å²) in [5.74, 6) is 0.625. The first-order chi connectivity index (χ1) is 15.8. The van der Waals surface area contributed by atoms with Crippen molar-refractivity contribution in [1.29, 1.82) is 0 Å². The summed E-state index contributed by atoms with van der Waals surface area (Å²) in [5.41, 5.74) is 5.46. The van der Waals surface area contributed by atoms with Gasteiger partial charge in [0.25, 0.3) is 0 Å². The predicted molar refractivity (Wildman–Crippen MR) is 132 cm³/mol. The van der Waals surface area contributed by atoms with Crippen molar-refractivity contribution in [2.45, 2.75) is 0 Å². The number of thiazole rings is 1. The van der Waals surface area contributed by atoms with Gasteiger partial charge >= 0.3 is 0 Å². The molecule has 3 heterocycles. The van der Waals surface area contributed by atoms with Gasteiger partial charge in [-0.15, -0.1) is 11.3 Å². The van der Waals surface area contributed by atoms with E-state index < -0.39 is 0 Å². The molecule has 5 heteroatoms. The van der Waals surface area contributed by atoms with Crippen LogP contribution >= 0.6 is 11.3 Å². The maximum atomic E-state index is 5.59. The lowest BCUT2D eigenvalue weighted by Crippen LogP contribution is -1.93. The van der Waals surface area contributed by atoms with Crippen LogP contribution in [0.2, 0.25) is 0 Å². The fraction of sp³-hybridized carbons (Fsp3) is 0.0370. The molecule has 0 saturated carbocycles. The highest BCUT2D eigenvalue weighted by atomic mass is 32.1. The number of hydrogen-bond acceptors (Lipinski definition) is 4. The first kappa shape index (κ1) is 18.8. The zero-order valence-corrected chi connectivity index (χ0v) is 18.2. The molecule has 3 aromatic carbocycles. The number of benzene rings is 3. The van der Waals surface area contributed by atoms with E-state index in [4.69, 9.17) is 4.74 Å². The van der Waals surface area contributed by atoms with Gasteiger partial charge in [-0.25, -0.2) is 0 Å². The van der Waals surface area contributed by atoms with E-state index in [1.165, 1.54) is 21.8 Å². The molecule has 6 aromatic rings. The topological polar surface area (TPSA) is 39.9 Å². The predicted octanol–water partition coefficient (Wildman–Crippen LogP) is 6.98. The SMILES string of the molecule is COc1nc(-c2ccccn2)sc1-c1ccc(-n2c3ccccc3c3ccccc32)cc1. The minimum absolute atomic E-state index is 0.625. The van der Waals surface area contributed by atoms with Crippen LogP contribution in [0.3, 0.4) is 0 Å². The summed E-state index contributed by atoms with van der Waals surface area (Å²) in [4.78, 5) is 10.1. The summed E-state index contributed by atoms with van der Waals surface area (Å²) in [6.45, 7) is 0. The van der Waals surface area contributed by atoms with Crippen molar-refractivity contribution in [2.75, 3.05) is 7.11 Å². The second kappa shape index (κ2) is 7.62. The smallest absolute Gasteiger partial charge is 0.232 e. The normalized spacial score (nSPS) is 11.3. The van der Waals surface area contributed by atoms with Crippen LogP contribution in [-0.4, -0.2) is 21.6 Å². The number of rotatable bonds is 4. The molecule has 0 bridgehead atoms. The van der Waals surface area contributed by atoms with Gasteiger partial charge in [-0.1, -0.05) is 54.6 Å². The van der Waals surface area contributed by atoms with Crippen molar-refractivity contribution in [3.8, 4) is 32.7 Å². The number of nitrogens with zero attached hydrogens (tertiary/aromatic N) is 3. The van der Waals surface area contributed by atoms with E-state index in [1.54, 1.807) is 24.6 Å². The third-order valence-electron chi connectivity index (χ3n) is 5.64. The van der Waals surface area contributed by atoms with Crippen molar-refractivity contribution in [3.63, 3.8) is 0 Å². The van der Waals surface area contributed by atoms with Gasteiger partial charge < -0.3 is 9.30 Å². The van der Waals surface area contributed by atoms with E-state index >= 15 is 0 Å². The average molecular weight is 434 g/mol. The summed E-state index contributed by atoms with van der Waals surface area (Å²) in [6, 6.07) is 31.5. The molecule has 0 aliphatic carbocycles. The molecule has 154 valence electrons. The van der Waals surface area contributed by atoms with Gasteiger partial charge in [0.2, 0.25) is 5.88 Å². The van der Waals surface area contributed by atoms with Gasteiger partial charge in [0.1, 0.15) is 5.01 Å². The Morgan fingerprint density at radius 2 is 1.41 bits per heavy atom. The highest BCUT2D eigenvalue weighted by molar-refractivity contribution is 7.18. The molecule has 0 radical (unpaired) electrons. The molecular weight excluding hydrogens is 414 g/mol. The van der Waals surface area contributed by atoms with Crippen LogP contribution in [0.25, 0.3) is 48.6 Å². The maximum absolute atomic E-state index is 5.59. The van der Waals surface area contributed by atoms with Crippen LogP contribution in [0.4, 0.5) is 0 Å². The molecule has 0 aliphatic rings. The molecule has 6 rings (SSSR count). The van der Waals surface area contributed by atoms with E-state index in [0.29, 0.717) is 5.88 Å². The van der Waals surface area contributed by atoms with Crippen molar-refractivity contribution in [1.82, 2.24) is 14.5 Å². The molecular formula is C27H19N3OS. The number of hydrogen-bond donors (Lipinski definition) is 0. The summed E-state index contributed by atoms with van der Waals surface area (Å²) in [6.07, 6.45) is 1.78. The van der Waals surface area contributed by atoms with Gasteiger partial charge in [0, 0.05) is 22.7 Å². The van der Waals surface area contributed by atoms with Gasteiger partial charge in [0.05, 0.1) is 28.7 Å². The lowest BCUT2D eigenvalue weighted by Gasteiger charge is -2.09. The van der Waals surface area contributed by atoms with Gasteiger partial charge in [-0.2, -0.15) is 4.98 Å². The number of methoxy groups -OCH3 is 1. The maximum Gasteiger partial charge on any atom is 0.232 e. The zero-order valence-electron chi connectivity index (χ0n) is 17.4. The molecule has 0 unspecified atom stereocenters. The summed E-state index contributed by atoms with van der Waals surface area (Å²) in [5, 5.41) is 3.37. The quantitative estimate of drug-likeness (QED) is 0.301. The summed E-state index contributed by atoms with van der Waals surface area (Å²) in [7, 11) is 1.66. The molecule has 0 spiro atoms. The van der Waals surface area contributed by atoms with Crippen LogP contribution in [0.1, 0.15) is 0 Å². The number of fused-ring (bicyclic) bond motifs is 3. The Bertz CT molecular complexity index is 1500. The minimum atomic E-state index is 0.625. The molecule has 0 aliphatic heterocycles. The lowest BCUT2D eigenvalue weighted by atomic mass is 10.1. The molecule has 0 saturated heterocycles.